The molecule has 4 fully saturated rings. The first-order valence-electron chi connectivity index (χ1n) is 19.2. The summed E-state index contributed by atoms with van der Waals surface area (Å²) in [4.78, 5) is 32.7. The number of alkyl halides is 2. The second-order valence-corrected chi connectivity index (χ2v) is 15.8. The molecule has 2 bridgehead atoms. The molecule has 5 aliphatic heterocycles. The van der Waals surface area contributed by atoms with Crippen LogP contribution < -0.4 is 9.80 Å². The lowest BCUT2D eigenvalue weighted by atomic mass is 9.61. The number of aryl methyl sites for hydroxylation is 2. The highest BCUT2D eigenvalue weighted by atomic mass is 19.3. The molecule has 1 N–H and O–H groups in total. The summed E-state index contributed by atoms with van der Waals surface area (Å²) in [5.41, 5.74) is 5.16. The average Bonchev–Trinajstić information content (AvgIpc) is 3.79. The van der Waals surface area contributed by atoms with Crippen molar-refractivity contribution in [1.29, 1.82) is 0 Å². The zero-order chi connectivity index (χ0) is 37.2. The highest BCUT2D eigenvalue weighted by Gasteiger charge is 2.47. The number of nitrogens with zero attached hydrogens (tertiary/aromatic N) is 10. The van der Waals surface area contributed by atoms with Crippen LogP contribution >= 0.6 is 0 Å². The Kier molecular flexibility index (Phi) is 8.86. The summed E-state index contributed by atoms with van der Waals surface area (Å²) in [7, 11) is 1.79. The average molecular weight is 741 g/mol. The van der Waals surface area contributed by atoms with Crippen LogP contribution in [0.25, 0.3) is 11.1 Å². The molecule has 2 atom stereocenters. The first-order valence-corrected chi connectivity index (χ1v) is 19.2. The largest absolute Gasteiger partial charge is 0.476 e. The van der Waals surface area contributed by atoms with E-state index < -0.39 is 12.4 Å². The van der Waals surface area contributed by atoms with Gasteiger partial charge < -0.3 is 24.7 Å². The Morgan fingerprint density at radius 2 is 1.81 bits per heavy atom. The van der Waals surface area contributed by atoms with Crippen LogP contribution in [-0.4, -0.2) is 102 Å². The fraction of sp³-hybridized carbons (Fsp3) is 0.538. The van der Waals surface area contributed by atoms with Gasteiger partial charge in [-0.25, -0.2) is 13.6 Å². The molecule has 0 spiro atoms. The predicted octanol–water partition coefficient (Wildman–Crippen LogP) is 5.11. The number of piperidine rings is 3. The van der Waals surface area contributed by atoms with Crippen molar-refractivity contribution in [3.8, 4) is 11.1 Å². The predicted molar refractivity (Wildman–Crippen MR) is 197 cm³/mol. The smallest absolute Gasteiger partial charge is 0.356 e. The fourth-order valence-corrected chi connectivity index (χ4v) is 9.80. The highest BCUT2D eigenvalue weighted by molar-refractivity contribution is 5.85. The standard InChI is InChI=1S/C39H46F2N10O3/c1-23(52)48-13-9-34-32(22-48)38(50-10-3-4-24-15-29(27-17-42-46(2)18-27)30(37(40)41)16-35(24)50)45-51(34)28-7-11-47(12-8-28)21-31-25-14-26(31)20-49(19-25)36-6-5-33(39(53)54)43-44-36/h5-6,15-18,25-26,28,31,37H,3-4,7-14,19-22H2,1-2H3,(H,53,54). The molecule has 10 rings (SSSR count). The number of amides is 1. The summed E-state index contributed by atoms with van der Waals surface area (Å²) in [5, 5.41) is 26.8. The van der Waals surface area contributed by atoms with E-state index >= 15 is 0 Å². The number of fused-ring (bicyclic) bond motifs is 4. The lowest BCUT2D eigenvalue weighted by Gasteiger charge is -2.55. The molecular formula is C39H46F2N10O3. The number of carboxylic acid groups (broad SMARTS) is 1. The number of rotatable bonds is 8. The van der Waals surface area contributed by atoms with E-state index in [4.69, 9.17) is 5.10 Å². The Morgan fingerprint density at radius 1 is 1.02 bits per heavy atom. The molecule has 3 saturated heterocycles. The lowest BCUT2D eigenvalue weighted by Crippen LogP contribution is -2.58. The molecule has 2 unspecified atom stereocenters. The lowest BCUT2D eigenvalue weighted by molar-refractivity contribution is -0.129. The van der Waals surface area contributed by atoms with Gasteiger partial charge in [0, 0.05) is 100 Å². The third-order valence-corrected chi connectivity index (χ3v) is 12.7. The van der Waals surface area contributed by atoms with Crippen LogP contribution in [0.2, 0.25) is 0 Å². The molecule has 15 heteroatoms. The van der Waals surface area contributed by atoms with E-state index in [9.17, 15) is 23.5 Å². The first-order chi connectivity index (χ1) is 26.1. The van der Waals surface area contributed by atoms with Gasteiger partial charge in [-0.05, 0) is 85.3 Å². The number of benzene rings is 1. The maximum absolute atomic E-state index is 14.7. The second kappa shape index (κ2) is 13.7. The molecule has 13 nitrogen and oxygen atoms in total. The second-order valence-electron chi connectivity index (χ2n) is 15.8. The molecule has 3 aromatic heterocycles. The Hall–Kier alpha value is -4.92. The van der Waals surface area contributed by atoms with Crippen molar-refractivity contribution in [2.24, 2.45) is 24.8 Å². The summed E-state index contributed by atoms with van der Waals surface area (Å²) in [6.45, 7) is 8.27. The van der Waals surface area contributed by atoms with Crippen molar-refractivity contribution in [3.63, 3.8) is 0 Å². The van der Waals surface area contributed by atoms with Crippen molar-refractivity contribution in [3.05, 3.63) is 64.7 Å². The Morgan fingerprint density at radius 3 is 2.48 bits per heavy atom. The van der Waals surface area contributed by atoms with E-state index in [1.165, 1.54) is 18.2 Å². The van der Waals surface area contributed by atoms with Crippen molar-refractivity contribution in [2.75, 3.05) is 55.6 Å². The number of carboxylic acids is 1. The quantitative estimate of drug-likeness (QED) is 0.261. The number of halogens is 2. The minimum atomic E-state index is -2.65. The van der Waals surface area contributed by atoms with Gasteiger partial charge >= 0.3 is 5.97 Å². The molecule has 284 valence electrons. The topological polar surface area (TPSA) is 129 Å². The molecule has 0 radical (unpaired) electrons. The van der Waals surface area contributed by atoms with Gasteiger partial charge in [0.15, 0.2) is 17.3 Å². The number of anilines is 3. The van der Waals surface area contributed by atoms with Gasteiger partial charge in [0.05, 0.1) is 18.8 Å². The van der Waals surface area contributed by atoms with Crippen molar-refractivity contribution in [2.45, 2.75) is 64.5 Å². The van der Waals surface area contributed by atoms with Crippen LogP contribution in [0.5, 0.6) is 0 Å². The van der Waals surface area contributed by atoms with Gasteiger partial charge in [-0.1, -0.05) is 0 Å². The maximum Gasteiger partial charge on any atom is 0.356 e. The number of carbonyl (C=O) groups is 2. The molecule has 6 aliphatic rings. The molecule has 54 heavy (non-hydrogen) atoms. The van der Waals surface area contributed by atoms with Crippen LogP contribution in [0.3, 0.4) is 0 Å². The van der Waals surface area contributed by atoms with E-state index in [-0.39, 0.29) is 23.2 Å². The zero-order valence-corrected chi connectivity index (χ0v) is 30.7. The van der Waals surface area contributed by atoms with Crippen LogP contribution in [0.1, 0.15) is 77.9 Å². The van der Waals surface area contributed by atoms with Crippen molar-refractivity contribution in [1.82, 2.24) is 39.6 Å². The van der Waals surface area contributed by atoms with Gasteiger partial charge in [-0.2, -0.15) is 10.2 Å². The number of likely N-dealkylation sites (tertiary alicyclic amines) is 1. The van der Waals surface area contributed by atoms with Crippen LogP contribution in [0.15, 0.2) is 36.7 Å². The first kappa shape index (κ1) is 34.8. The Labute approximate surface area is 312 Å². The third-order valence-electron chi connectivity index (χ3n) is 12.7. The maximum atomic E-state index is 14.7. The molecule has 1 aliphatic carbocycles. The van der Waals surface area contributed by atoms with Crippen LogP contribution in [0.4, 0.5) is 26.1 Å². The van der Waals surface area contributed by atoms with Gasteiger partial charge in [0.1, 0.15) is 0 Å². The SMILES string of the molecule is CC(=O)N1CCc2c(c(N3CCCc4cc(-c5cnn(C)c5)c(C(F)F)cc43)nn2C2CCN(CC3C4CC3CN(c3ccc(C(=O)O)nn3)C4)CC2)C1. The molecule has 4 aromatic rings. The molecule has 1 aromatic carbocycles. The van der Waals surface area contributed by atoms with E-state index in [0.717, 1.165) is 93.3 Å². The summed E-state index contributed by atoms with van der Waals surface area (Å²) in [5.74, 6) is 2.32. The zero-order valence-electron chi connectivity index (χ0n) is 30.7. The van der Waals surface area contributed by atoms with Crippen LogP contribution in [0, 0.1) is 17.8 Å². The summed E-state index contributed by atoms with van der Waals surface area (Å²) < 4.78 is 33.2. The van der Waals surface area contributed by atoms with Gasteiger partial charge in [0.25, 0.3) is 6.43 Å². The van der Waals surface area contributed by atoms with Gasteiger partial charge in [0.2, 0.25) is 5.91 Å². The highest BCUT2D eigenvalue weighted by Crippen LogP contribution is 2.48. The summed E-state index contributed by atoms with van der Waals surface area (Å²) in [6.07, 6.45) is 6.33. The van der Waals surface area contributed by atoms with Gasteiger partial charge in [-0.15, -0.1) is 10.2 Å². The minimum Gasteiger partial charge on any atom is -0.476 e. The number of aromatic nitrogens is 6. The van der Waals surface area contributed by atoms with Crippen molar-refractivity contribution >= 4 is 29.2 Å². The van der Waals surface area contributed by atoms with Crippen molar-refractivity contribution < 1.29 is 23.5 Å². The Bertz CT molecular complexity index is 2060. The molecular weight excluding hydrogens is 694 g/mol. The normalized spacial score (nSPS) is 23.0. The van der Waals surface area contributed by atoms with E-state index in [0.29, 0.717) is 48.5 Å². The minimum absolute atomic E-state index is 0.00827. The monoisotopic (exact) mass is 740 g/mol. The van der Waals surface area contributed by atoms with Gasteiger partial charge in [-0.3, -0.25) is 14.2 Å². The molecule has 1 amide bonds. The Balaban J connectivity index is 0.926. The van der Waals surface area contributed by atoms with Crippen LogP contribution in [-0.2, 0) is 31.2 Å². The van der Waals surface area contributed by atoms with E-state index in [1.807, 2.05) is 11.0 Å². The molecule has 1 saturated carbocycles. The fourth-order valence-electron chi connectivity index (χ4n) is 9.80. The number of hydrogen-bond donors (Lipinski definition) is 1. The number of carbonyl (C=O) groups excluding carboxylic acids is 1. The summed E-state index contributed by atoms with van der Waals surface area (Å²) in [6, 6.07) is 7.10. The number of aromatic carboxylic acids is 1. The van der Waals surface area contributed by atoms with E-state index in [2.05, 4.69) is 34.7 Å². The summed E-state index contributed by atoms with van der Waals surface area (Å²) >= 11 is 0. The van der Waals surface area contributed by atoms with E-state index in [1.54, 1.807) is 43.2 Å². The third kappa shape index (κ3) is 6.19. The molecule has 8 heterocycles. The number of hydrogen-bond acceptors (Lipinski definition) is 9.